The predicted molar refractivity (Wildman–Crippen MR) is 95.5 cm³/mol. The Hall–Kier alpha value is -3.61. The van der Waals surface area contributed by atoms with E-state index < -0.39 is 23.4 Å². The van der Waals surface area contributed by atoms with E-state index in [1.807, 2.05) is 6.92 Å². The zero-order chi connectivity index (χ0) is 19.8. The second-order valence-electron chi connectivity index (χ2n) is 6.20. The van der Waals surface area contributed by atoms with Crippen LogP contribution >= 0.6 is 0 Å². The fourth-order valence-electron chi connectivity index (χ4n) is 2.74. The monoisotopic (exact) mass is 383 g/mol. The van der Waals surface area contributed by atoms with Crippen molar-refractivity contribution in [3.05, 3.63) is 83.2 Å². The third-order valence-corrected chi connectivity index (χ3v) is 4.20. The number of hydrogen-bond donors (Lipinski definition) is 0. The molecule has 7 heteroatoms. The Morgan fingerprint density at radius 1 is 0.964 bits per heavy atom. The number of esters is 1. The average Bonchev–Trinajstić information content (AvgIpc) is 3.09. The zero-order valence-corrected chi connectivity index (χ0v) is 14.5. The lowest BCUT2D eigenvalue weighted by Crippen LogP contribution is -2.08. The summed E-state index contributed by atoms with van der Waals surface area (Å²) >= 11 is 0. The molecule has 0 amide bonds. The van der Waals surface area contributed by atoms with Gasteiger partial charge < -0.3 is 9.26 Å². The van der Waals surface area contributed by atoms with Gasteiger partial charge in [0.2, 0.25) is 0 Å². The van der Waals surface area contributed by atoms with Gasteiger partial charge in [-0.1, -0.05) is 22.9 Å². The van der Waals surface area contributed by atoms with Gasteiger partial charge in [-0.05, 0) is 43.3 Å². The number of aryl methyl sites for hydroxylation is 1. The van der Waals surface area contributed by atoms with E-state index in [9.17, 15) is 18.0 Å². The van der Waals surface area contributed by atoms with Crippen LogP contribution in [0.1, 0.15) is 15.9 Å². The molecule has 0 unspecified atom stereocenters. The van der Waals surface area contributed by atoms with Crippen molar-refractivity contribution in [1.82, 2.24) is 5.16 Å². The van der Waals surface area contributed by atoms with E-state index in [0.29, 0.717) is 10.9 Å². The van der Waals surface area contributed by atoms with Crippen LogP contribution in [-0.4, -0.2) is 11.1 Å². The first-order valence-electron chi connectivity index (χ1n) is 8.25. The van der Waals surface area contributed by atoms with E-state index >= 15 is 0 Å². The van der Waals surface area contributed by atoms with Crippen LogP contribution in [0.5, 0.6) is 5.75 Å². The summed E-state index contributed by atoms with van der Waals surface area (Å²) in [7, 11) is 0. The first-order chi connectivity index (χ1) is 13.4. The molecular weight excluding hydrogens is 371 g/mol. The van der Waals surface area contributed by atoms with Crippen molar-refractivity contribution in [2.45, 2.75) is 6.92 Å². The SMILES string of the molecule is Cc1ccc(C(=O)Oc2ccc3c(-c4cc(F)c(F)c(F)c4)noc3c2)cc1. The molecule has 0 atom stereocenters. The van der Waals surface area contributed by atoms with Gasteiger partial charge >= 0.3 is 5.97 Å². The highest BCUT2D eigenvalue weighted by atomic mass is 19.2. The maximum atomic E-state index is 13.5. The molecule has 0 aliphatic carbocycles. The summed E-state index contributed by atoms with van der Waals surface area (Å²) in [5.74, 6) is -4.52. The molecule has 0 fully saturated rings. The Balaban J connectivity index is 1.65. The minimum absolute atomic E-state index is 0.0274. The quantitative estimate of drug-likeness (QED) is 0.269. The fourth-order valence-corrected chi connectivity index (χ4v) is 2.74. The van der Waals surface area contributed by atoms with Gasteiger partial charge in [-0.3, -0.25) is 0 Å². The van der Waals surface area contributed by atoms with Gasteiger partial charge in [0.15, 0.2) is 23.0 Å². The van der Waals surface area contributed by atoms with Crippen molar-refractivity contribution in [2.75, 3.05) is 0 Å². The van der Waals surface area contributed by atoms with Crippen LogP contribution in [-0.2, 0) is 0 Å². The highest BCUT2D eigenvalue weighted by Crippen LogP contribution is 2.32. The van der Waals surface area contributed by atoms with Crippen LogP contribution in [0.3, 0.4) is 0 Å². The summed E-state index contributed by atoms with van der Waals surface area (Å²) < 4.78 is 50.6. The van der Waals surface area contributed by atoms with Crippen molar-refractivity contribution < 1.29 is 27.2 Å². The molecule has 0 bridgehead atoms. The van der Waals surface area contributed by atoms with Gasteiger partial charge in [0.1, 0.15) is 11.4 Å². The molecule has 0 saturated heterocycles. The first kappa shape index (κ1) is 17.8. The number of fused-ring (bicyclic) bond motifs is 1. The van der Waals surface area contributed by atoms with E-state index in [0.717, 1.165) is 17.7 Å². The van der Waals surface area contributed by atoms with Crippen molar-refractivity contribution in [3.8, 4) is 17.0 Å². The molecule has 140 valence electrons. The van der Waals surface area contributed by atoms with E-state index in [1.54, 1.807) is 24.3 Å². The van der Waals surface area contributed by atoms with Crippen molar-refractivity contribution in [3.63, 3.8) is 0 Å². The molecule has 0 aliphatic rings. The lowest BCUT2D eigenvalue weighted by atomic mass is 10.1. The van der Waals surface area contributed by atoms with E-state index in [4.69, 9.17) is 9.26 Å². The van der Waals surface area contributed by atoms with Gasteiger partial charge in [-0.2, -0.15) is 0 Å². The molecule has 0 radical (unpaired) electrons. The number of halogens is 3. The lowest BCUT2D eigenvalue weighted by Gasteiger charge is -2.04. The van der Waals surface area contributed by atoms with Crippen LogP contribution in [0.4, 0.5) is 13.2 Å². The maximum absolute atomic E-state index is 13.5. The van der Waals surface area contributed by atoms with Crippen LogP contribution in [0.25, 0.3) is 22.2 Å². The minimum Gasteiger partial charge on any atom is -0.423 e. The number of carbonyl (C=O) groups is 1. The molecule has 4 nitrogen and oxygen atoms in total. The van der Waals surface area contributed by atoms with Crippen molar-refractivity contribution in [1.29, 1.82) is 0 Å². The number of hydrogen-bond acceptors (Lipinski definition) is 4. The molecule has 0 aliphatic heterocycles. The highest BCUT2D eigenvalue weighted by Gasteiger charge is 2.17. The number of ether oxygens (including phenoxy) is 1. The second-order valence-corrected chi connectivity index (χ2v) is 6.20. The van der Waals surface area contributed by atoms with Crippen LogP contribution in [0.2, 0.25) is 0 Å². The summed E-state index contributed by atoms with van der Waals surface area (Å²) in [5.41, 5.74) is 1.82. The van der Waals surface area contributed by atoms with Gasteiger partial charge in [0, 0.05) is 17.0 Å². The molecule has 28 heavy (non-hydrogen) atoms. The number of carbonyl (C=O) groups excluding carboxylic acids is 1. The zero-order valence-electron chi connectivity index (χ0n) is 14.5. The first-order valence-corrected chi connectivity index (χ1v) is 8.25. The largest absolute Gasteiger partial charge is 0.423 e. The minimum atomic E-state index is -1.55. The standard InChI is InChI=1S/C21H12F3NO3/c1-11-2-4-12(5-3-11)21(26)27-14-6-7-15-18(10-14)28-25-20(15)13-8-16(22)19(24)17(23)9-13/h2-10H,1H3. The summed E-state index contributed by atoms with van der Waals surface area (Å²) in [5, 5.41) is 4.23. The van der Waals surface area contributed by atoms with E-state index in [2.05, 4.69) is 5.16 Å². The lowest BCUT2D eigenvalue weighted by molar-refractivity contribution is 0.0735. The number of nitrogens with zero attached hydrogens (tertiary/aromatic N) is 1. The summed E-state index contributed by atoms with van der Waals surface area (Å²) in [6, 6.07) is 13.0. The predicted octanol–water partition coefficient (Wildman–Crippen LogP) is 5.44. The van der Waals surface area contributed by atoms with E-state index in [-0.39, 0.29) is 22.6 Å². The molecule has 3 aromatic carbocycles. The normalized spacial score (nSPS) is 11.0. The molecule has 4 aromatic rings. The van der Waals surface area contributed by atoms with Crippen molar-refractivity contribution >= 4 is 16.9 Å². The van der Waals surface area contributed by atoms with Gasteiger partial charge in [-0.15, -0.1) is 0 Å². The van der Waals surface area contributed by atoms with Crippen molar-refractivity contribution in [2.24, 2.45) is 0 Å². The van der Waals surface area contributed by atoms with Gasteiger partial charge in [0.25, 0.3) is 0 Å². The molecule has 1 heterocycles. The fraction of sp³-hybridized carbons (Fsp3) is 0.0476. The summed E-state index contributed by atoms with van der Waals surface area (Å²) in [4.78, 5) is 12.2. The average molecular weight is 383 g/mol. The Kier molecular flexibility index (Phi) is 4.35. The van der Waals surface area contributed by atoms with Crippen LogP contribution < -0.4 is 4.74 Å². The molecule has 4 rings (SSSR count). The Morgan fingerprint density at radius 2 is 1.64 bits per heavy atom. The van der Waals surface area contributed by atoms with Gasteiger partial charge in [0.05, 0.1) is 5.56 Å². The maximum Gasteiger partial charge on any atom is 0.343 e. The summed E-state index contributed by atoms with van der Waals surface area (Å²) in [6.07, 6.45) is 0. The molecule has 0 saturated carbocycles. The Labute approximate surface area is 157 Å². The highest BCUT2D eigenvalue weighted by molar-refractivity contribution is 5.94. The number of rotatable bonds is 3. The van der Waals surface area contributed by atoms with E-state index in [1.165, 1.54) is 18.2 Å². The number of benzene rings is 3. The third-order valence-electron chi connectivity index (χ3n) is 4.20. The van der Waals surface area contributed by atoms with Crippen LogP contribution in [0, 0.1) is 24.4 Å². The number of aromatic nitrogens is 1. The molecule has 0 N–H and O–H groups in total. The topological polar surface area (TPSA) is 52.3 Å². The summed E-state index contributed by atoms with van der Waals surface area (Å²) in [6.45, 7) is 1.91. The Morgan fingerprint density at radius 3 is 2.32 bits per heavy atom. The third kappa shape index (κ3) is 3.22. The Bertz CT molecular complexity index is 1180. The molecule has 0 spiro atoms. The molecular formula is C21H12F3NO3. The van der Waals surface area contributed by atoms with Crippen LogP contribution in [0.15, 0.2) is 59.1 Å². The molecule has 1 aromatic heterocycles. The van der Waals surface area contributed by atoms with Gasteiger partial charge in [-0.25, -0.2) is 18.0 Å². The second kappa shape index (κ2) is 6.84. The smallest absolute Gasteiger partial charge is 0.343 e.